The van der Waals surface area contributed by atoms with Gasteiger partial charge in [-0.05, 0) is 25.0 Å². The Labute approximate surface area is 117 Å². The lowest BCUT2D eigenvalue weighted by Gasteiger charge is -2.10. The van der Waals surface area contributed by atoms with E-state index in [0.717, 1.165) is 22.6 Å². The van der Waals surface area contributed by atoms with Gasteiger partial charge in [-0.25, -0.2) is 4.98 Å². The monoisotopic (exact) mass is 266 g/mol. The lowest BCUT2D eigenvalue weighted by atomic mass is 9.98. The van der Waals surface area contributed by atoms with E-state index >= 15 is 0 Å². The predicted octanol–water partition coefficient (Wildman–Crippen LogP) is 2.51. The molecule has 3 rings (SSSR count). The number of anilines is 1. The Morgan fingerprint density at radius 1 is 1.30 bits per heavy atom. The fraction of sp³-hybridized carbons (Fsp3) is 0.250. The molecule has 1 fully saturated rings. The smallest absolute Gasteiger partial charge is 0.289 e. The van der Waals surface area contributed by atoms with E-state index < -0.39 is 0 Å². The van der Waals surface area contributed by atoms with Crippen molar-refractivity contribution < 1.29 is 9.72 Å². The van der Waals surface area contributed by atoms with Crippen molar-refractivity contribution in [2.75, 3.05) is 12.8 Å². The molecule has 4 heteroatoms. The van der Waals surface area contributed by atoms with Gasteiger partial charge in [0, 0.05) is 17.0 Å². The maximum atomic E-state index is 9.38. The highest BCUT2D eigenvalue weighted by Gasteiger charge is 2.29. The van der Waals surface area contributed by atoms with Crippen LogP contribution >= 0.6 is 0 Å². The number of nitrogen functional groups attached to an aromatic ring is 1. The van der Waals surface area contributed by atoms with Gasteiger partial charge in [0.2, 0.25) is 0 Å². The number of hydrogen-bond acceptors (Lipinski definition) is 3. The summed E-state index contributed by atoms with van der Waals surface area (Å²) in [6.45, 7) is 0. The van der Waals surface area contributed by atoms with Crippen molar-refractivity contribution in [3.63, 3.8) is 0 Å². The average molecular weight is 266 g/mol. The molecule has 1 aliphatic carbocycles. The molecule has 0 bridgehead atoms. The average Bonchev–Trinajstić information content (AvgIpc) is 3.31. The lowest BCUT2D eigenvalue weighted by molar-refractivity contribution is -0.373. The molecule has 1 saturated carbocycles. The van der Waals surface area contributed by atoms with Crippen molar-refractivity contribution in [1.29, 1.82) is 5.26 Å². The van der Waals surface area contributed by atoms with E-state index in [1.165, 1.54) is 12.8 Å². The molecular formula is C16H16N3O+. The molecule has 0 amide bonds. The Kier molecular flexibility index (Phi) is 3.03. The summed E-state index contributed by atoms with van der Waals surface area (Å²) in [4.78, 5) is 3.15. The topological polar surface area (TPSA) is 73.2 Å². The molecule has 1 heterocycles. The number of nitriles is 1. The van der Waals surface area contributed by atoms with Crippen molar-refractivity contribution >= 4 is 5.82 Å². The molecule has 1 aromatic carbocycles. The first kappa shape index (κ1) is 12.5. The van der Waals surface area contributed by atoms with Crippen molar-refractivity contribution in [1.82, 2.24) is 0 Å². The van der Waals surface area contributed by atoms with Crippen molar-refractivity contribution in [3.8, 4) is 22.9 Å². The lowest BCUT2D eigenvalue weighted by Crippen LogP contribution is -2.18. The quantitative estimate of drug-likeness (QED) is 0.927. The highest BCUT2D eigenvalue weighted by Crippen LogP contribution is 2.41. The number of methoxy groups -OCH3 is 1. The molecule has 0 saturated heterocycles. The number of aromatic amines is 1. The van der Waals surface area contributed by atoms with E-state index in [0.29, 0.717) is 17.3 Å². The number of nitrogens with two attached hydrogens (primary N) is 1. The molecule has 0 aliphatic heterocycles. The molecule has 1 aliphatic rings. The zero-order valence-corrected chi connectivity index (χ0v) is 11.3. The number of hydrogen-bond donors (Lipinski definition) is 1. The first-order chi connectivity index (χ1) is 9.74. The maximum absolute atomic E-state index is 9.38. The predicted molar refractivity (Wildman–Crippen MR) is 76.1 cm³/mol. The molecule has 4 nitrogen and oxygen atoms in total. The fourth-order valence-electron chi connectivity index (χ4n) is 2.44. The molecule has 2 aromatic rings. The molecule has 0 spiro atoms. The SMILES string of the molecule is COc1ccccc1-c1cc(C2CC2)[nH+]c(N)c1C#N. The second-order valence-electron chi connectivity index (χ2n) is 5.01. The van der Waals surface area contributed by atoms with Crippen LogP contribution in [0, 0.1) is 11.3 Å². The number of nitrogens with one attached hydrogen (secondary N) is 1. The Hall–Kier alpha value is -2.54. The summed E-state index contributed by atoms with van der Waals surface area (Å²) in [6.07, 6.45) is 2.35. The van der Waals surface area contributed by atoms with Crippen LogP contribution in [-0.4, -0.2) is 7.11 Å². The number of para-hydroxylation sites is 1. The van der Waals surface area contributed by atoms with Gasteiger partial charge in [-0.15, -0.1) is 0 Å². The van der Waals surface area contributed by atoms with Crippen LogP contribution in [-0.2, 0) is 0 Å². The van der Waals surface area contributed by atoms with Gasteiger partial charge in [-0.1, -0.05) is 18.2 Å². The molecule has 20 heavy (non-hydrogen) atoms. The fourth-order valence-corrected chi connectivity index (χ4v) is 2.44. The molecular weight excluding hydrogens is 250 g/mol. The summed E-state index contributed by atoms with van der Waals surface area (Å²) in [5.41, 5.74) is 9.31. The third-order valence-electron chi connectivity index (χ3n) is 3.64. The highest BCUT2D eigenvalue weighted by molar-refractivity contribution is 5.78. The number of pyridine rings is 1. The third-order valence-corrected chi connectivity index (χ3v) is 3.64. The van der Waals surface area contributed by atoms with Gasteiger partial charge in [0.1, 0.15) is 23.1 Å². The minimum Gasteiger partial charge on any atom is -0.496 e. The summed E-state index contributed by atoms with van der Waals surface area (Å²) in [6, 6.07) is 11.9. The minimum absolute atomic E-state index is 0.429. The molecule has 3 N–H and O–H groups in total. The van der Waals surface area contributed by atoms with Gasteiger partial charge in [0.15, 0.2) is 0 Å². The van der Waals surface area contributed by atoms with Gasteiger partial charge < -0.3 is 4.74 Å². The molecule has 0 radical (unpaired) electrons. The number of H-pyrrole nitrogens is 1. The van der Waals surface area contributed by atoms with Crippen LogP contribution < -0.4 is 15.5 Å². The zero-order chi connectivity index (χ0) is 14.1. The standard InChI is InChI=1S/C16H15N3O/c1-20-15-5-3-2-4-11(15)12-8-14(10-6-7-10)19-16(18)13(12)9-17/h2-5,8,10H,6-7H2,1H3,(H2,18,19)/p+1. The first-order valence-corrected chi connectivity index (χ1v) is 6.63. The van der Waals surface area contributed by atoms with Crippen LogP contribution in [0.4, 0.5) is 5.82 Å². The van der Waals surface area contributed by atoms with E-state index in [4.69, 9.17) is 10.5 Å². The normalized spacial score (nSPS) is 13.8. The third kappa shape index (κ3) is 2.08. The molecule has 1 aromatic heterocycles. The summed E-state index contributed by atoms with van der Waals surface area (Å²) >= 11 is 0. The van der Waals surface area contributed by atoms with Crippen LogP contribution in [0.15, 0.2) is 30.3 Å². The van der Waals surface area contributed by atoms with E-state index in [2.05, 4.69) is 11.1 Å². The van der Waals surface area contributed by atoms with Gasteiger partial charge in [-0.2, -0.15) is 5.26 Å². The van der Waals surface area contributed by atoms with Crippen molar-refractivity contribution in [2.45, 2.75) is 18.8 Å². The van der Waals surface area contributed by atoms with Gasteiger partial charge in [0.25, 0.3) is 5.82 Å². The van der Waals surface area contributed by atoms with Gasteiger partial charge >= 0.3 is 0 Å². The second kappa shape index (κ2) is 4.86. The van der Waals surface area contributed by atoms with Crippen LogP contribution in [0.5, 0.6) is 5.75 Å². The van der Waals surface area contributed by atoms with Crippen LogP contribution in [0.25, 0.3) is 11.1 Å². The highest BCUT2D eigenvalue weighted by atomic mass is 16.5. The van der Waals surface area contributed by atoms with Crippen molar-refractivity contribution in [3.05, 3.63) is 41.6 Å². The number of nitrogens with zero attached hydrogens (tertiary/aromatic N) is 1. The van der Waals surface area contributed by atoms with E-state index in [1.54, 1.807) is 7.11 Å². The zero-order valence-electron chi connectivity index (χ0n) is 11.3. The van der Waals surface area contributed by atoms with Gasteiger partial charge in [-0.3, -0.25) is 5.73 Å². The first-order valence-electron chi connectivity index (χ1n) is 6.63. The Balaban J connectivity index is 2.23. The summed E-state index contributed by atoms with van der Waals surface area (Å²) in [5, 5.41) is 9.38. The van der Waals surface area contributed by atoms with Crippen LogP contribution in [0.1, 0.15) is 30.0 Å². The number of rotatable bonds is 3. The molecule has 100 valence electrons. The number of ether oxygens (including phenoxy) is 1. The Morgan fingerprint density at radius 2 is 2.05 bits per heavy atom. The Bertz CT molecular complexity index is 699. The maximum Gasteiger partial charge on any atom is 0.289 e. The van der Waals surface area contributed by atoms with E-state index in [1.807, 2.05) is 30.3 Å². The number of benzene rings is 1. The van der Waals surface area contributed by atoms with Crippen LogP contribution in [0.2, 0.25) is 0 Å². The summed E-state index contributed by atoms with van der Waals surface area (Å²) < 4.78 is 5.39. The van der Waals surface area contributed by atoms with E-state index in [-0.39, 0.29) is 0 Å². The van der Waals surface area contributed by atoms with Crippen molar-refractivity contribution in [2.24, 2.45) is 0 Å². The molecule has 0 unspecified atom stereocenters. The summed E-state index contributed by atoms with van der Waals surface area (Å²) in [7, 11) is 1.63. The largest absolute Gasteiger partial charge is 0.496 e. The van der Waals surface area contributed by atoms with E-state index in [9.17, 15) is 5.26 Å². The number of aromatic nitrogens is 1. The summed E-state index contributed by atoms with van der Waals surface area (Å²) in [5.74, 6) is 1.72. The van der Waals surface area contributed by atoms with Crippen LogP contribution in [0.3, 0.4) is 0 Å². The molecule has 0 atom stereocenters. The minimum atomic E-state index is 0.429. The second-order valence-corrected chi connectivity index (χ2v) is 5.01. The Morgan fingerprint density at radius 3 is 2.70 bits per heavy atom. The van der Waals surface area contributed by atoms with Gasteiger partial charge in [0.05, 0.1) is 7.11 Å².